The van der Waals surface area contributed by atoms with E-state index in [4.69, 9.17) is 0 Å². The standard InChI is InChI=1S/2C42H25NS2.C38H23NS2/c1-2-13-30(14-3-1)43-36-19-7-6-16-33(36)42-40(43)35-18-9-17-32(41(35)45-42)29-12-8-11-27(24-29)28-20-22-34-38(25-28)44-37-23-21-26-10-4-5-15-31(26)39(34)37;1-2-14-31(15-3-1)43-37-19-7-6-16-34(37)42-40(43)35-18-9-17-32(41(35)45-42)30-13-8-12-26(22-30)29-20-21-33-36-23-27-10-4-5-11-28(27)24-39(36)44-38(33)25-29;1-2-13-26(14-3-1)39-32-20-6-4-15-29(32)38-36(39)31-19-9-18-28(37(31)41-38)25-12-8-11-24(23-25)27-17-10-22-34-35(27)30-16-5-7-21-33(30)40-34/h2*1-25H;1-23H. The van der Waals surface area contributed by atoms with Crippen molar-refractivity contribution < 1.29 is 0 Å². The lowest BCUT2D eigenvalue weighted by Gasteiger charge is -2.10. The molecule has 29 aromatic rings. The van der Waals surface area contributed by atoms with Crippen LogP contribution >= 0.6 is 68.0 Å². The average molecular weight is 1770 g/mol. The molecular formula is C122H73N3S6. The lowest BCUT2D eigenvalue weighted by molar-refractivity contribution is 1.19. The number of thiophene rings is 6. The zero-order valence-electron chi connectivity index (χ0n) is 70.4. The highest BCUT2D eigenvalue weighted by Gasteiger charge is 2.26. The Kier molecular flexibility index (Phi) is 17.9. The molecule has 0 radical (unpaired) electrons. The van der Waals surface area contributed by atoms with Crippen molar-refractivity contribution in [1.29, 1.82) is 0 Å². The SMILES string of the molecule is c1ccc(-n2c3ccccc3c3sc4c(-c5cccc(-c6ccc7c(c6)sc6cc8ccccc8cc67)c5)cccc4c32)cc1.c1ccc(-n2c3ccccc3c3sc4c(-c5cccc(-c6ccc7c(c6)sc6ccc8ccccc8c67)c5)cccc4c32)cc1.c1ccc(-n2c3ccccc3c3sc4c(-c5cccc(-c6cccc7sc8ccccc8c67)c5)cccc4c32)cc1. The van der Waals surface area contributed by atoms with Gasteiger partial charge in [0.2, 0.25) is 0 Å². The summed E-state index contributed by atoms with van der Waals surface area (Å²) in [5.41, 5.74) is 26.4. The molecule has 0 aliphatic heterocycles. The maximum absolute atomic E-state index is 2.44. The van der Waals surface area contributed by atoms with E-state index in [0.717, 1.165) is 0 Å². The minimum absolute atomic E-state index is 1.19. The molecule has 0 aliphatic carbocycles. The Morgan fingerprint density at radius 1 is 0.145 bits per heavy atom. The monoisotopic (exact) mass is 1770 g/mol. The second kappa shape index (κ2) is 30.8. The van der Waals surface area contributed by atoms with Gasteiger partial charge in [-0.1, -0.05) is 328 Å². The molecule has 0 saturated carbocycles. The molecule has 9 aromatic heterocycles. The van der Waals surface area contributed by atoms with Crippen LogP contribution < -0.4 is 0 Å². The summed E-state index contributed by atoms with van der Waals surface area (Å²) in [4.78, 5) is 0. The molecule has 0 saturated heterocycles. The zero-order chi connectivity index (χ0) is 85.9. The van der Waals surface area contributed by atoms with Gasteiger partial charge < -0.3 is 13.7 Å². The number of aromatic nitrogens is 3. The van der Waals surface area contributed by atoms with E-state index in [2.05, 4.69) is 457 Å². The van der Waals surface area contributed by atoms with Crippen LogP contribution in [0.4, 0.5) is 0 Å². The molecule has 0 aliphatic rings. The third-order valence-corrected chi connectivity index (χ3v) is 33.7. The molecule has 0 amide bonds. The summed E-state index contributed by atoms with van der Waals surface area (Å²) < 4.78 is 23.4. The van der Waals surface area contributed by atoms with Crippen LogP contribution in [-0.2, 0) is 0 Å². The number of para-hydroxylation sites is 6. The van der Waals surface area contributed by atoms with Crippen molar-refractivity contribution in [2.75, 3.05) is 0 Å². The van der Waals surface area contributed by atoms with Crippen molar-refractivity contribution in [2.45, 2.75) is 0 Å². The molecule has 0 bridgehead atoms. The molecule has 0 unspecified atom stereocenters. The average Bonchev–Trinajstić information content (AvgIpc) is 1.56. The quantitative estimate of drug-likeness (QED) is 0.137. The van der Waals surface area contributed by atoms with Crippen LogP contribution in [-0.4, -0.2) is 13.7 Å². The minimum atomic E-state index is 1.19. The van der Waals surface area contributed by atoms with Crippen molar-refractivity contribution >= 4 is 244 Å². The van der Waals surface area contributed by atoms with E-state index >= 15 is 0 Å². The minimum Gasteiger partial charge on any atom is -0.308 e. The van der Waals surface area contributed by atoms with Crippen LogP contribution in [0.3, 0.4) is 0 Å². The summed E-state index contributed by atoms with van der Waals surface area (Å²) in [5, 5.41) is 21.1. The van der Waals surface area contributed by atoms with Gasteiger partial charge in [-0.3, -0.25) is 0 Å². The topological polar surface area (TPSA) is 14.8 Å². The third-order valence-electron chi connectivity index (χ3n) is 26.6. The number of benzene rings is 20. The summed E-state index contributed by atoms with van der Waals surface area (Å²) in [6.45, 7) is 0. The Hall–Kier alpha value is -15.1. The summed E-state index contributed by atoms with van der Waals surface area (Å²) in [5.74, 6) is 0. The summed E-state index contributed by atoms with van der Waals surface area (Å²) in [6.07, 6.45) is 0. The first-order valence-electron chi connectivity index (χ1n) is 44.4. The zero-order valence-corrected chi connectivity index (χ0v) is 75.3. The predicted octanol–water partition coefficient (Wildman–Crippen LogP) is 37.4. The maximum atomic E-state index is 2.44. The van der Waals surface area contributed by atoms with Gasteiger partial charge in [0.25, 0.3) is 0 Å². The van der Waals surface area contributed by atoms with E-state index in [9.17, 15) is 0 Å². The van der Waals surface area contributed by atoms with E-state index in [1.165, 1.54) is 260 Å². The fraction of sp³-hybridized carbons (Fsp3) is 0. The van der Waals surface area contributed by atoms with Gasteiger partial charge in [-0.25, -0.2) is 0 Å². The fourth-order valence-corrected chi connectivity index (χ4v) is 28.2. The van der Waals surface area contributed by atoms with E-state index in [1.54, 1.807) is 0 Å². The number of fused-ring (bicyclic) bond motifs is 27. The van der Waals surface area contributed by atoms with Crippen molar-refractivity contribution in [1.82, 2.24) is 13.7 Å². The van der Waals surface area contributed by atoms with Crippen molar-refractivity contribution in [2.24, 2.45) is 0 Å². The van der Waals surface area contributed by atoms with Gasteiger partial charge in [0, 0.05) is 124 Å². The van der Waals surface area contributed by atoms with Crippen LogP contribution in [0.1, 0.15) is 0 Å². The molecule has 0 atom stereocenters. The van der Waals surface area contributed by atoms with Crippen molar-refractivity contribution in [3.05, 3.63) is 443 Å². The number of nitrogens with zero attached hydrogens (tertiary/aromatic N) is 3. The summed E-state index contributed by atoms with van der Waals surface area (Å²) >= 11 is 11.4. The Balaban J connectivity index is 0.000000101. The van der Waals surface area contributed by atoms with Gasteiger partial charge in [0.15, 0.2) is 0 Å². The Morgan fingerprint density at radius 2 is 0.473 bits per heavy atom. The smallest absolute Gasteiger partial charge is 0.0727 e. The lowest BCUT2D eigenvalue weighted by Crippen LogP contribution is -1.92. The van der Waals surface area contributed by atoms with Crippen LogP contribution in [0.15, 0.2) is 443 Å². The normalized spacial score (nSPS) is 12.0. The molecule has 3 nitrogen and oxygen atoms in total. The lowest BCUT2D eigenvalue weighted by atomic mass is 9.95. The van der Waals surface area contributed by atoms with Crippen LogP contribution in [0.5, 0.6) is 0 Å². The van der Waals surface area contributed by atoms with Crippen molar-refractivity contribution in [3.63, 3.8) is 0 Å². The molecule has 0 spiro atoms. The van der Waals surface area contributed by atoms with Crippen LogP contribution in [0.2, 0.25) is 0 Å². The first-order valence-corrected chi connectivity index (χ1v) is 49.3. The highest BCUT2D eigenvalue weighted by molar-refractivity contribution is 7.29. The molecule has 9 heteroatoms. The fourth-order valence-electron chi connectivity index (χ4n) is 20.7. The molecule has 0 fully saturated rings. The second-order valence-electron chi connectivity index (χ2n) is 34.0. The third kappa shape index (κ3) is 12.4. The Labute approximate surface area is 777 Å². The maximum Gasteiger partial charge on any atom is 0.0727 e. The van der Waals surface area contributed by atoms with Gasteiger partial charge in [-0.2, -0.15) is 0 Å². The van der Waals surface area contributed by atoms with Gasteiger partial charge >= 0.3 is 0 Å². The predicted molar refractivity (Wildman–Crippen MR) is 575 cm³/mol. The Morgan fingerprint density at radius 3 is 0.985 bits per heavy atom. The molecular weight excluding hydrogens is 1700 g/mol. The first-order chi connectivity index (χ1) is 65.0. The van der Waals surface area contributed by atoms with Gasteiger partial charge in [-0.15, -0.1) is 68.0 Å². The van der Waals surface area contributed by atoms with E-state index < -0.39 is 0 Å². The highest BCUT2D eigenvalue weighted by Crippen LogP contribution is 2.52. The highest BCUT2D eigenvalue weighted by atomic mass is 32.1. The molecule has 0 N–H and O–H groups in total. The number of rotatable bonds is 9. The summed E-state index contributed by atoms with van der Waals surface area (Å²) in [6, 6.07) is 162. The van der Waals surface area contributed by atoms with E-state index in [-0.39, 0.29) is 0 Å². The van der Waals surface area contributed by atoms with Gasteiger partial charge in [0.05, 0.1) is 47.2 Å². The molecule has 20 aromatic carbocycles. The Bertz CT molecular complexity index is 9700. The van der Waals surface area contributed by atoms with Gasteiger partial charge in [-0.05, 0) is 204 Å². The largest absolute Gasteiger partial charge is 0.308 e. The van der Waals surface area contributed by atoms with Crippen molar-refractivity contribution in [3.8, 4) is 83.8 Å². The molecule has 131 heavy (non-hydrogen) atoms. The van der Waals surface area contributed by atoms with E-state index in [0.29, 0.717) is 0 Å². The van der Waals surface area contributed by atoms with E-state index in [1.807, 2.05) is 68.0 Å². The number of hydrogen-bond acceptors (Lipinski definition) is 6. The van der Waals surface area contributed by atoms with Gasteiger partial charge in [0.1, 0.15) is 0 Å². The first kappa shape index (κ1) is 76.0. The second-order valence-corrected chi connectivity index (χ2v) is 40.3. The number of hydrogen-bond donors (Lipinski definition) is 0. The van der Waals surface area contributed by atoms with Crippen LogP contribution in [0.25, 0.3) is 260 Å². The molecule has 29 rings (SSSR count). The summed E-state index contributed by atoms with van der Waals surface area (Å²) in [7, 11) is 0. The molecule has 612 valence electrons. The van der Waals surface area contributed by atoms with Crippen LogP contribution in [0, 0.1) is 0 Å². The molecule has 9 heterocycles.